The molecule has 3 aliphatic carbocycles. The van der Waals surface area contributed by atoms with Crippen molar-refractivity contribution in [2.45, 2.75) is 97.1 Å². The minimum Gasteiger partial charge on any atom is -0.390 e. The maximum Gasteiger partial charge on any atom is 0.177 e. The van der Waals surface area contributed by atoms with E-state index in [1.165, 1.54) is 19.3 Å². The number of hydrogen-bond acceptors (Lipinski definition) is 6. The highest BCUT2D eigenvalue weighted by Crippen LogP contribution is 2.59. The molecule has 198 valence electrons. The lowest BCUT2D eigenvalue weighted by atomic mass is 9.51. The molecule has 2 aromatic heterocycles. The first-order valence-electron chi connectivity index (χ1n) is 14.0. The van der Waals surface area contributed by atoms with E-state index in [1.54, 1.807) is 23.3 Å². The molecule has 0 amide bonds. The summed E-state index contributed by atoms with van der Waals surface area (Å²) in [6, 6.07) is 0. The van der Waals surface area contributed by atoms with E-state index >= 15 is 0 Å². The zero-order valence-corrected chi connectivity index (χ0v) is 22.6. The Balaban J connectivity index is 1.32. The highest BCUT2D eigenvalue weighted by atomic mass is 16.5. The van der Waals surface area contributed by atoms with Crippen LogP contribution in [0.5, 0.6) is 0 Å². The first-order valence-corrected chi connectivity index (χ1v) is 14.0. The number of carbonyl (C=O) groups excluding carboxylic acids is 1. The summed E-state index contributed by atoms with van der Waals surface area (Å²) in [5.41, 5.74) is 1.03. The van der Waals surface area contributed by atoms with E-state index in [0.717, 1.165) is 57.1 Å². The minimum atomic E-state index is -0.547. The van der Waals surface area contributed by atoms with Gasteiger partial charge in [0.05, 0.1) is 18.4 Å². The van der Waals surface area contributed by atoms with Crippen LogP contribution in [0, 0.1) is 34.5 Å². The van der Waals surface area contributed by atoms with Crippen molar-refractivity contribution >= 4 is 16.9 Å². The maximum absolute atomic E-state index is 13.7. The molecule has 0 spiro atoms. The average Bonchev–Trinajstić information content (AvgIpc) is 3.38. The van der Waals surface area contributed by atoms with Crippen molar-refractivity contribution < 1.29 is 14.6 Å². The zero-order valence-electron chi connectivity index (χ0n) is 22.6. The first-order chi connectivity index (χ1) is 17.2. The number of rotatable bonds is 8. The van der Waals surface area contributed by atoms with Crippen molar-refractivity contribution in [2.24, 2.45) is 34.5 Å². The van der Waals surface area contributed by atoms with E-state index in [4.69, 9.17) is 4.74 Å². The predicted molar refractivity (Wildman–Crippen MR) is 139 cm³/mol. The molecule has 3 saturated carbocycles. The molecule has 2 aromatic rings. The highest BCUT2D eigenvalue weighted by Gasteiger charge is 2.54. The van der Waals surface area contributed by atoms with Gasteiger partial charge in [-0.1, -0.05) is 20.3 Å². The standard InChI is InChI=1S/C29H44N4O3/c1-20-8-9-23(25(34)18-33-26-24(17-32-33)30-14-15-31-26)28(20,3)11-10-21-6-5-7-22-16-27(2,35)12-13-29(21,22)19-36-4/h14-15,17,20-23,35H,5-13,16,18-19H2,1-4H3/t20-,21-,22-,23-,27-,28+,29+/m1/s1. The summed E-state index contributed by atoms with van der Waals surface area (Å²) in [7, 11) is 1.84. The minimum absolute atomic E-state index is 0.00686. The van der Waals surface area contributed by atoms with Gasteiger partial charge in [0.25, 0.3) is 0 Å². The second-order valence-electron chi connectivity index (χ2n) is 12.8. The summed E-state index contributed by atoms with van der Waals surface area (Å²) in [5, 5.41) is 15.3. The summed E-state index contributed by atoms with van der Waals surface area (Å²) < 4.78 is 7.58. The molecule has 0 saturated heterocycles. The Morgan fingerprint density at radius 3 is 2.78 bits per heavy atom. The van der Waals surface area contributed by atoms with Crippen LogP contribution in [0.4, 0.5) is 0 Å². The molecule has 36 heavy (non-hydrogen) atoms. The number of Topliss-reactive ketones (excluding diaryl/α,β-unsaturated/α-hetero) is 1. The Labute approximate surface area is 215 Å². The third-order valence-corrected chi connectivity index (χ3v) is 10.8. The van der Waals surface area contributed by atoms with Crippen molar-refractivity contribution in [3.05, 3.63) is 18.6 Å². The second kappa shape index (κ2) is 9.79. The largest absolute Gasteiger partial charge is 0.390 e. The van der Waals surface area contributed by atoms with E-state index in [2.05, 4.69) is 28.9 Å². The lowest BCUT2D eigenvalue weighted by molar-refractivity contribution is -0.134. The van der Waals surface area contributed by atoms with Crippen molar-refractivity contribution in [3.63, 3.8) is 0 Å². The van der Waals surface area contributed by atoms with Crippen LogP contribution >= 0.6 is 0 Å². The van der Waals surface area contributed by atoms with Gasteiger partial charge in [0.1, 0.15) is 12.1 Å². The van der Waals surface area contributed by atoms with Crippen LogP contribution in [0.25, 0.3) is 11.2 Å². The maximum atomic E-state index is 13.7. The van der Waals surface area contributed by atoms with E-state index in [0.29, 0.717) is 23.4 Å². The van der Waals surface area contributed by atoms with Gasteiger partial charge in [-0.2, -0.15) is 5.10 Å². The van der Waals surface area contributed by atoms with Gasteiger partial charge in [0.15, 0.2) is 11.4 Å². The monoisotopic (exact) mass is 496 g/mol. The topological polar surface area (TPSA) is 90.1 Å². The fraction of sp³-hybridized carbons (Fsp3) is 0.793. The summed E-state index contributed by atoms with van der Waals surface area (Å²) >= 11 is 0. The second-order valence-corrected chi connectivity index (χ2v) is 12.8. The van der Waals surface area contributed by atoms with Gasteiger partial charge < -0.3 is 9.84 Å². The lowest BCUT2D eigenvalue weighted by Crippen LogP contribution is -2.52. The van der Waals surface area contributed by atoms with Gasteiger partial charge in [-0.15, -0.1) is 0 Å². The molecular formula is C29H44N4O3. The van der Waals surface area contributed by atoms with Crippen LogP contribution in [0.15, 0.2) is 18.6 Å². The molecule has 7 atom stereocenters. The number of ether oxygens (including phenoxy) is 1. The SMILES string of the molecule is COC[C@]12CC[C@@](C)(O)C[C@H]1CCC[C@@H]2CC[C@@]1(C)[C@H](C)CC[C@@H]1C(=O)Cn1ncc2nccnc21. The van der Waals surface area contributed by atoms with Crippen molar-refractivity contribution in [1.82, 2.24) is 19.7 Å². The van der Waals surface area contributed by atoms with Crippen LogP contribution in [0.2, 0.25) is 0 Å². The molecule has 0 aromatic carbocycles. The quantitative estimate of drug-likeness (QED) is 0.539. The molecule has 0 unspecified atom stereocenters. The van der Waals surface area contributed by atoms with E-state index in [1.807, 2.05) is 14.0 Å². The van der Waals surface area contributed by atoms with Crippen LogP contribution < -0.4 is 0 Å². The lowest BCUT2D eigenvalue weighted by Gasteiger charge is -2.56. The summed E-state index contributed by atoms with van der Waals surface area (Å²) in [6.45, 7) is 7.78. The summed E-state index contributed by atoms with van der Waals surface area (Å²) in [5.74, 6) is 1.97. The zero-order chi connectivity index (χ0) is 25.6. The van der Waals surface area contributed by atoms with E-state index in [9.17, 15) is 9.90 Å². The third-order valence-electron chi connectivity index (χ3n) is 10.8. The van der Waals surface area contributed by atoms with Gasteiger partial charge in [0, 0.05) is 25.4 Å². The van der Waals surface area contributed by atoms with E-state index < -0.39 is 5.60 Å². The number of aromatic nitrogens is 4. The van der Waals surface area contributed by atoms with Crippen molar-refractivity contribution in [2.75, 3.05) is 13.7 Å². The molecule has 0 bridgehead atoms. The molecule has 5 rings (SSSR count). The van der Waals surface area contributed by atoms with Gasteiger partial charge in [-0.3, -0.25) is 4.79 Å². The number of aliphatic hydroxyl groups is 1. The van der Waals surface area contributed by atoms with Gasteiger partial charge in [0.2, 0.25) is 0 Å². The Bertz CT molecular complexity index is 1080. The Hall–Kier alpha value is -1.86. The molecule has 7 nitrogen and oxygen atoms in total. The van der Waals surface area contributed by atoms with Crippen LogP contribution in [-0.2, 0) is 16.1 Å². The molecule has 0 aliphatic heterocycles. The third kappa shape index (κ3) is 4.51. The number of fused-ring (bicyclic) bond motifs is 2. The molecule has 3 aliphatic rings. The molecule has 2 heterocycles. The summed E-state index contributed by atoms with van der Waals surface area (Å²) in [6.07, 6.45) is 15.8. The fourth-order valence-corrected chi connectivity index (χ4v) is 8.41. The molecular weight excluding hydrogens is 452 g/mol. The van der Waals surface area contributed by atoms with Gasteiger partial charge >= 0.3 is 0 Å². The number of methoxy groups -OCH3 is 1. The highest BCUT2D eigenvalue weighted by molar-refractivity contribution is 5.83. The number of hydrogen-bond donors (Lipinski definition) is 1. The first kappa shape index (κ1) is 25.8. The number of ketones is 1. The Kier molecular flexibility index (Phi) is 7.01. The average molecular weight is 497 g/mol. The summed E-state index contributed by atoms with van der Waals surface area (Å²) in [4.78, 5) is 22.4. The van der Waals surface area contributed by atoms with E-state index in [-0.39, 0.29) is 29.1 Å². The smallest absolute Gasteiger partial charge is 0.177 e. The van der Waals surface area contributed by atoms with Gasteiger partial charge in [-0.25, -0.2) is 14.6 Å². The Morgan fingerprint density at radius 1 is 1.17 bits per heavy atom. The molecule has 1 N–H and O–H groups in total. The van der Waals surface area contributed by atoms with Crippen molar-refractivity contribution in [1.29, 1.82) is 0 Å². The molecule has 0 radical (unpaired) electrons. The fourth-order valence-electron chi connectivity index (χ4n) is 8.41. The number of carbonyl (C=O) groups is 1. The number of nitrogens with zero attached hydrogens (tertiary/aromatic N) is 4. The molecule has 7 heteroatoms. The van der Waals surface area contributed by atoms with Crippen LogP contribution in [0.1, 0.15) is 85.0 Å². The normalized spacial score (nSPS) is 38.8. The van der Waals surface area contributed by atoms with Gasteiger partial charge in [-0.05, 0) is 93.3 Å². The Morgan fingerprint density at radius 2 is 1.97 bits per heavy atom. The molecule has 3 fully saturated rings. The van der Waals surface area contributed by atoms with Crippen LogP contribution in [-0.4, -0.2) is 50.0 Å². The predicted octanol–water partition coefficient (Wildman–Crippen LogP) is 5.21. The van der Waals surface area contributed by atoms with Crippen LogP contribution in [0.3, 0.4) is 0 Å². The van der Waals surface area contributed by atoms with Crippen molar-refractivity contribution in [3.8, 4) is 0 Å².